The summed E-state index contributed by atoms with van der Waals surface area (Å²) in [7, 11) is -3.70. The number of para-hydroxylation sites is 1. The molecule has 0 saturated heterocycles. The predicted octanol–water partition coefficient (Wildman–Crippen LogP) is 2.68. The molecule has 0 aliphatic carbocycles. The first-order chi connectivity index (χ1) is 13.0. The number of amides is 1. The maximum absolute atomic E-state index is 12.4. The fourth-order valence-corrected chi connectivity index (χ4v) is 3.48. The van der Waals surface area contributed by atoms with Crippen LogP contribution in [0.3, 0.4) is 0 Å². The van der Waals surface area contributed by atoms with Gasteiger partial charge in [0.2, 0.25) is 10.0 Å². The molecule has 0 saturated carbocycles. The summed E-state index contributed by atoms with van der Waals surface area (Å²) in [4.78, 5) is 16.7. The van der Waals surface area contributed by atoms with Crippen LogP contribution in [-0.2, 0) is 10.0 Å². The minimum Gasteiger partial charge on any atom is -0.321 e. The highest BCUT2D eigenvalue weighted by Gasteiger charge is 2.14. The predicted molar refractivity (Wildman–Crippen MR) is 102 cm³/mol. The van der Waals surface area contributed by atoms with Gasteiger partial charge < -0.3 is 5.32 Å². The van der Waals surface area contributed by atoms with Gasteiger partial charge in [0.15, 0.2) is 0 Å². The van der Waals surface area contributed by atoms with E-state index in [4.69, 9.17) is 5.26 Å². The van der Waals surface area contributed by atoms with E-state index in [2.05, 4.69) is 15.0 Å². The van der Waals surface area contributed by atoms with Crippen molar-refractivity contribution in [3.05, 3.63) is 66.4 Å². The van der Waals surface area contributed by atoms with Crippen LogP contribution in [0, 0.1) is 11.3 Å². The first-order valence-electron chi connectivity index (χ1n) is 8.12. The number of anilines is 1. The normalized spacial score (nSPS) is 11.1. The second-order valence-corrected chi connectivity index (χ2v) is 7.47. The first kappa shape index (κ1) is 18.5. The molecule has 136 valence electrons. The molecule has 0 radical (unpaired) electrons. The molecule has 7 nitrogen and oxygen atoms in total. The molecule has 1 heterocycles. The standard InChI is InChI=1S/C19H16N4O3S/c20-10-3-11-22-27(25,26)17-8-6-14(7-9-17)19(24)23-16-12-15-4-1-2-5-18(15)21-13-16/h1-2,4-9,12-13,22H,3,11H2,(H,23,24). The fourth-order valence-electron chi connectivity index (χ4n) is 2.45. The van der Waals surface area contributed by atoms with E-state index in [1.54, 1.807) is 6.20 Å². The number of pyridine rings is 1. The summed E-state index contributed by atoms with van der Waals surface area (Å²) in [5.41, 5.74) is 1.70. The minimum atomic E-state index is -3.70. The van der Waals surface area contributed by atoms with Gasteiger partial charge in [0.1, 0.15) is 0 Å². The van der Waals surface area contributed by atoms with Gasteiger partial charge in [-0.1, -0.05) is 18.2 Å². The molecule has 0 aliphatic rings. The molecular formula is C19H16N4O3S. The van der Waals surface area contributed by atoms with Crippen molar-refractivity contribution in [1.29, 1.82) is 5.26 Å². The number of rotatable bonds is 6. The number of sulfonamides is 1. The van der Waals surface area contributed by atoms with Crippen LogP contribution in [0.2, 0.25) is 0 Å². The molecule has 1 amide bonds. The number of carbonyl (C=O) groups excluding carboxylic acids is 1. The SMILES string of the molecule is N#CCCNS(=O)(=O)c1ccc(C(=O)Nc2cnc3ccccc3c2)cc1. The lowest BCUT2D eigenvalue weighted by atomic mass is 10.2. The van der Waals surface area contributed by atoms with Crippen LogP contribution in [0.5, 0.6) is 0 Å². The van der Waals surface area contributed by atoms with Crippen LogP contribution in [0.4, 0.5) is 5.69 Å². The highest BCUT2D eigenvalue weighted by Crippen LogP contribution is 2.17. The molecule has 2 N–H and O–H groups in total. The van der Waals surface area contributed by atoms with Gasteiger partial charge in [0, 0.05) is 23.9 Å². The number of nitriles is 1. The van der Waals surface area contributed by atoms with E-state index in [0.717, 1.165) is 10.9 Å². The molecule has 8 heteroatoms. The topological polar surface area (TPSA) is 112 Å². The van der Waals surface area contributed by atoms with Crippen molar-refractivity contribution in [2.45, 2.75) is 11.3 Å². The average molecular weight is 380 g/mol. The first-order valence-corrected chi connectivity index (χ1v) is 9.61. The summed E-state index contributed by atoms with van der Waals surface area (Å²) < 4.78 is 26.5. The Balaban J connectivity index is 1.72. The molecule has 0 bridgehead atoms. The van der Waals surface area contributed by atoms with Crippen molar-refractivity contribution in [3.63, 3.8) is 0 Å². The van der Waals surface area contributed by atoms with Crippen molar-refractivity contribution in [2.75, 3.05) is 11.9 Å². The summed E-state index contributed by atoms with van der Waals surface area (Å²) in [6, 6.07) is 16.8. The number of carbonyl (C=O) groups is 1. The van der Waals surface area contributed by atoms with Crippen molar-refractivity contribution >= 4 is 32.5 Å². The van der Waals surface area contributed by atoms with Crippen LogP contribution in [-0.4, -0.2) is 25.9 Å². The van der Waals surface area contributed by atoms with Gasteiger partial charge in [0.25, 0.3) is 5.91 Å². The van der Waals surface area contributed by atoms with Gasteiger partial charge in [-0.15, -0.1) is 0 Å². The molecule has 3 rings (SSSR count). The van der Waals surface area contributed by atoms with E-state index in [1.165, 1.54) is 24.3 Å². The molecule has 0 aliphatic heterocycles. The van der Waals surface area contributed by atoms with Crippen LogP contribution >= 0.6 is 0 Å². The number of fused-ring (bicyclic) bond motifs is 1. The third-order valence-electron chi connectivity index (χ3n) is 3.80. The molecule has 0 spiro atoms. The quantitative estimate of drug-likeness (QED) is 0.639. The number of hydrogen-bond donors (Lipinski definition) is 2. The molecule has 3 aromatic rings. The van der Waals surface area contributed by atoms with Gasteiger partial charge in [-0.25, -0.2) is 13.1 Å². The second-order valence-electron chi connectivity index (χ2n) is 5.70. The lowest BCUT2D eigenvalue weighted by molar-refractivity contribution is 0.102. The summed E-state index contributed by atoms with van der Waals surface area (Å²) in [6.07, 6.45) is 1.65. The molecular weight excluding hydrogens is 364 g/mol. The van der Waals surface area contributed by atoms with Gasteiger partial charge in [0.05, 0.1) is 28.4 Å². The van der Waals surface area contributed by atoms with Crippen LogP contribution in [0.15, 0.2) is 65.7 Å². The van der Waals surface area contributed by atoms with Crippen LogP contribution < -0.4 is 10.0 Å². The molecule has 27 heavy (non-hydrogen) atoms. The number of nitrogens with zero attached hydrogens (tertiary/aromatic N) is 2. The summed E-state index contributed by atoms with van der Waals surface area (Å²) in [5.74, 6) is -0.367. The van der Waals surface area contributed by atoms with E-state index in [0.29, 0.717) is 11.3 Å². The maximum atomic E-state index is 12.4. The van der Waals surface area contributed by atoms with Crippen LogP contribution in [0.1, 0.15) is 16.8 Å². The lowest BCUT2D eigenvalue weighted by Crippen LogP contribution is -2.24. The van der Waals surface area contributed by atoms with E-state index < -0.39 is 10.0 Å². The zero-order valence-corrected chi connectivity index (χ0v) is 15.0. The fraction of sp³-hybridized carbons (Fsp3) is 0.105. The molecule has 0 fully saturated rings. The third kappa shape index (κ3) is 4.47. The Bertz CT molecular complexity index is 1120. The van der Waals surface area contributed by atoms with Crippen molar-refractivity contribution < 1.29 is 13.2 Å². The highest BCUT2D eigenvalue weighted by atomic mass is 32.2. The summed E-state index contributed by atoms with van der Waals surface area (Å²) in [6.45, 7) is 0.0377. The summed E-state index contributed by atoms with van der Waals surface area (Å²) in [5, 5.41) is 12.1. The number of aromatic nitrogens is 1. The smallest absolute Gasteiger partial charge is 0.255 e. The van der Waals surface area contributed by atoms with Gasteiger partial charge in [-0.05, 0) is 36.4 Å². The molecule has 1 aromatic heterocycles. The van der Waals surface area contributed by atoms with Gasteiger partial charge in [-0.3, -0.25) is 9.78 Å². The Kier molecular flexibility index (Phi) is 5.45. The van der Waals surface area contributed by atoms with Crippen LogP contribution in [0.25, 0.3) is 10.9 Å². The van der Waals surface area contributed by atoms with E-state index >= 15 is 0 Å². The number of hydrogen-bond acceptors (Lipinski definition) is 5. The lowest BCUT2D eigenvalue weighted by Gasteiger charge is -2.08. The van der Waals surface area contributed by atoms with Crippen molar-refractivity contribution in [1.82, 2.24) is 9.71 Å². The Labute approximate surface area is 156 Å². The minimum absolute atomic E-state index is 0.0318. The van der Waals surface area contributed by atoms with E-state index in [9.17, 15) is 13.2 Å². The monoisotopic (exact) mass is 380 g/mol. The average Bonchev–Trinajstić information content (AvgIpc) is 2.68. The number of benzene rings is 2. The second kappa shape index (κ2) is 7.95. The largest absolute Gasteiger partial charge is 0.321 e. The Morgan fingerprint density at radius 2 is 1.85 bits per heavy atom. The van der Waals surface area contributed by atoms with Gasteiger partial charge >= 0.3 is 0 Å². The maximum Gasteiger partial charge on any atom is 0.255 e. The zero-order valence-electron chi connectivity index (χ0n) is 14.2. The molecule has 2 aromatic carbocycles. The van der Waals surface area contributed by atoms with E-state index in [1.807, 2.05) is 36.4 Å². The Hall–Kier alpha value is -3.28. The highest BCUT2D eigenvalue weighted by molar-refractivity contribution is 7.89. The number of nitrogens with one attached hydrogen (secondary N) is 2. The summed E-state index contributed by atoms with van der Waals surface area (Å²) >= 11 is 0. The van der Waals surface area contributed by atoms with E-state index in [-0.39, 0.29) is 23.8 Å². The Morgan fingerprint density at radius 3 is 2.59 bits per heavy atom. The van der Waals surface area contributed by atoms with Crippen molar-refractivity contribution in [2.24, 2.45) is 0 Å². The third-order valence-corrected chi connectivity index (χ3v) is 5.28. The molecule has 0 unspecified atom stereocenters. The molecule has 0 atom stereocenters. The zero-order chi connectivity index (χ0) is 19.3. The Morgan fingerprint density at radius 1 is 1.11 bits per heavy atom. The van der Waals surface area contributed by atoms with Gasteiger partial charge in [-0.2, -0.15) is 5.26 Å². The van der Waals surface area contributed by atoms with Crippen molar-refractivity contribution in [3.8, 4) is 6.07 Å².